The van der Waals surface area contributed by atoms with E-state index in [0.717, 1.165) is 88.8 Å². The lowest BCUT2D eigenvalue weighted by molar-refractivity contribution is -0.385. The molecule has 0 amide bonds. The number of nitrogens with two attached hydrogens (primary N) is 5. The molecular formula is C77H93Cl5N20O18S7. The highest BCUT2D eigenvalue weighted by atomic mass is 35.7. The van der Waals surface area contributed by atoms with E-state index in [0.29, 0.717) is 78.2 Å². The second-order valence-corrected chi connectivity index (χ2v) is 44.0. The first-order chi connectivity index (χ1) is 59.1. The summed E-state index contributed by atoms with van der Waals surface area (Å²) in [6.07, 6.45) is 12.3. The highest BCUT2D eigenvalue weighted by Crippen LogP contribution is 2.33. The number of hydrogen-bond donors (Lipinski definition) is 12. The maximum absolute atomic E-state index is 12.1. The van der Waals surface area contributed by atoms with Crippen LogP contribution in [0.1, 0.15) is 109 Å². The van der Waals surface area contributed by atoms with Crippen LogP contribution in [-0.4, -0.2) is 125 Å². The third-order valence-electron chi connectivity index (χ3n) is 17.9. The molecule has 7 aromatic carbocycles. The second kappa shape index (κ2) is 47.1. The molecule has 0 unspecified atom stereocenters. The molecule has 5 saturated carbocycles. The van der Waals surface area contributed by atoms with Crippen LogP contribution in [-0.2, 0) is 102 Å². The minimum Gasteiger partial charge on any atom is -0.399 e. The molecule has 38 nitrogen and oxygen atoms in total. The maximum atomic E-state index is 12.1. The van der Waals surface area contributed by atoms with E-state index in [-0.39, 0.29) is 96.0 Å². The van der Waals surface area contributed by atoms with Crippen molar-refractivity contribution in [1.29, 1.82) is 0 Å². The molecule has 15 rings (SSSR count). The minimum atomic E-state index is -3.83. The molecule has 5 aliphatic rings. The fourth-order valence-electron chi connectivity index (χ4n) is 10.3. The monoisotopic (exact) mass is 1980 g/mol. The molecule has 686 valence electrons. The van der Waals surface area contributed by atoms with Gasteiger partial charge in [0.2, 0.25) is 85.7 Å². The van der Waals surface area contributed by atoms with E-state index in [2.05, 4.69) is 64.7 Å². The Kier molecular flexibility index (Phi) is 38.7. The van der Waals surface area contributed by atoms with Gasteiger partial charge in [-0.15, -0.1) is 12.4 Å². The van der Waals surface area contributed by atoms with Crippen LogP contribution in [0, 0.1) is 41.0 Å². The number of aryl methyl sites for hydroxylation is 3. The van der Waals surface area contributed by atoms with Crippen LogP contribution in [0.2, 0.25) is 15.7 Å². The number of aromatic nitrogens is 6. The summed E-state index contributed by atoms with van der Waals surface area (Å²) in [5.74, 6) is 1.44. The Balaban J connectivity index is 0.000000208. The van der Waals surface area contributed by atoms with Gasteiger partial charge in [0.15, 0.2) is 0 Å². The predicted octanol–water partition coefficient (Wildman–Crippen LogP) is 11.5. The summed E-state index contributed by atoms with van der Waals surface area (Å²) in [5, 5.41) is 39.8. The van der Waals surface area contributed by atoms with Crippen molar-refractivity contribution in [3.8, 4) is 0 Å². The number of benzene rings is 7. The smallest absolute Gasteiger partial charge is 0.269 e. The van der Waals surface area contributed by atoms with Gasteiger partial charge in [0, 0.05) is 131 Å². The lowest BCUT2D eigenvalue weighted by atomic mass is 10.2. The van der Waals surface area contributed by atoms with Crippen LogP contribution in [0.15, 0.2) is 198 Å². The number of halogens is 5. The van der Waals surface area contributed by atoms with Crippen molar-refractivity contribution in [1.82, 2.24) is 48.8 Å². The molecule has 5 fully saturated rings. The largest absolute Gasteiger partial charge is 0.399 e. The van der Waals surface area contributed by atoms with Crippen LogP contribution < -0.4 is 62.3 Å². The van der Waals surface area contributed by atoms with Crippen molar-refractivity contribution in [3.05, 3.63) is 269 Å². The summed E-state index contributed by atoms with van der Waals surface area (Å²) in [6, 6.07) is 46.2. The third-order valence-corrected chi connectivity index (χ3v) is 30.1. The summed E-state index contributed by atoms with van der Waals surface area (Å²) in [7, 11) is -18.4. The minimum absolute atomic E-state index is 0. The Morgan fingerprint density at radius 3 is 1.07 bits per heavy atom. The summed E-state index contributed by atoms with van der Waals surface area (Å²) in [5.41, 5.74) is 25.8. The van der Waals surface area contributed by atoms with Gasteiger partial charge in [0.25, 0.3) is 11.4 Å². The molecule has 5 aliphatic carbocycles. The quantitative estimate of drug-likeness (QED) is 0.00541. The predicted molar refractivity (Wildman–Crippen MR) is 493 cm³/mol. The van der Waals surface area contributed by atoms with Crippen LogP contribution in [0.25, 0.3) is 0 Å². The second-order valence-electron chi connectivity index (χ2n) is 28.7. The molecule has 0 bridgehead atoms. The average Bonchev–Trinajstić information content (AvgIpc) is 0.943. The fraction of sp³-hybridized carbons (Fsp3) is 0.299. The summed E-state index contributed by atoms with van der Waals surface area (Å²) in [6.45, 7) is 6.79. The zero-order valence-corrected chi connectivity index (χ0v) is 77.5. The van der Waals surface area contributed by atoms with Gasteiger partial charge < -0.3 is 33.2 Å². The number of anilines is 8. The average molecular weight is 1990 g/mol. The van der Waals surface area contributed by atoms with Crippen molar-refractivity contribution >= 4 is 184 Å². The van der Waals surface area contributed by atoms with Crippen molar-refractivity contribution < 1.29 is 68.8 Å². The van der Waals surface area contributed by atoms with Gasteiger partial charge in [-0.1, -0.05) is 84.4 Å². The topological polar surface area (TPSA) is 617 Å². The first kappa shape index (κ1) is 104. The van der Waals surface area contributed by atoms with Crippen molar-refractivity contribution in [2.24, 2.45) is 16.0 Å². The Morgan fingerprint density at radius 2 is 0.717 bits per heavy atom. The molecule has 0 aliphatic heterocycles. The molecule has 127 heavy (non-hydrogen) atoms. The SMILES string of the molecule is Cc1cnc(Cl)nc1Cl.Cc1cnc(Cl)nc1Nc1cccc(CNS(=O)(=O)C2CC2)c1.Cc1cnc(Nc2cccc(S(N)(=O)=O)c2)nc1Nc1cccc(CNS(=O)(=O)C2CC2)c1.Cl.NCc1cccc([N+](=O)[O-])c1.Nc1cccc(CNS(=O)(=O)C2CC2)c1.Nc1cccc(S(N)(=O)=O)c1.O=S(=O)(Cl)C1CC1.O=[N+]([O-])c1cccc(CNS(=O)(=O)C2CC2)c1. The Morgan fingerprint density at radius 1 is 0.394 bits per heavy atom. The lowest BCUT2D eigenvalue weighted by Gasteiger charge is -2.12. The number of nitro benzene ring substituents is 2. The number of nitrogens with one attached hydrogen (secondary N) is 7. The normalized spacial score (nSPS) is 14.1. The standard InChI is InChI=1S/C21H24N6O4S2.C15H17ClN4O2S.C10H12N2O4S.C10H14N2O2S.C7H8N2O2.C6H8N2O2S.C5H4Cl2N2.C3H5ClO2S.ClH/c1-14-12-23-21(26-17-6-3-7-19(11-17)32(22,28)29)27-20(14)25-16-5-2-4-15(10-16)13-24-33(30,31)18-8-9-18;1-10-8-17-15(16)20-14(10)19-12-4-2-3-11(7-12)9-18-23(21,22)13-5-6-13;13-12(14)9-3-1-2-8(6-9)7-11-17(15,16)10-4-5-10;11-9-3-1-2-8(6-9)7-12-15(13,14)10-4-5-10;8-5-6-2-1-3-7(4-6)9(10)11;7-5-2-1-3-6(4-5)11(8,9)10;1-3-2-8-5(7)9-4(3)6;4-7(5,6)3-1-2-3;/h2-7,10-12,18,24H,8-9,13H2,1H3,(H2,22,28,29)(H2,23,25,26,27);2-4,7-8,13,18H,5-6,9H2,1H3,(H,17,19,20);1-3,6,10-11H,4-5,7H2;1-3,6,10,12H,4-5,7,11H2;1-4H,5,8H2;1-4H,7H2,(H2,8,9,10);2H,1H3;3H,1-2H2;1H. The zero-order valence-electron chi connectivity index (χ0n) is 68.0. The van der Waals surface area contributed by atoms with E-state index < -0.39 is 79.0 Å². The molecule has 50 heteroatoms. The van der Waals surface area contributed by atoms with Gasteiger partial charge >= 0.3 is 0 Å². The van der Waals surface area contributed by atoms with E-state index in [1.165, 1.54) is 54.6 Å². The summed E-state index contributed by atoms with van der Waals surface area (Å²) < 4.78 is 169. The van der Waals surface area contributed by atoms with Gasteiger partial charge in [-0.3, -0.25) is 20.2 Å². The number of sulfonamides is 6. The van der Waals surface area contributed by atoms with Crippen molar-refractivity contribution in [2.45, 2.75) is 154 Å². The van der Waals surface area contributed by atoms with E-state index >= 15 is 0 Å². The van der Waals surface area contributed by atoms with Gasteiger partial charge in [0.1, 0.15) is 16.8 Å². The van der Waals surface area contributed by atoms with Crippen LogP contribution in [0.5, 0.6) is 0 Å². The molecule has 3 heterocycles. The molecule has 3 aromatic heterocycles. The highest BCUT2D eigenvalue weighted by molar-refractivity contribution is 8.14. The molecule has 0 spiro atoms. The first-order valence-corrected chi connectivity index (χ1v) is 50.8. The number of hydrogen-bond acceptors (Lipinski definition) is 30. The Labute approximate surface area is 762 Å². The molecule has 10 aromatic rings. The van der Waals surface area contributed by atoms with Crippen LogP contribution >= 0.6 is 57.9 Å². The number of nitrogen functional groups attached to an aromatic ring is 2. The highest BCUT2D eigenvalue weighted by Gasteiger charge is 2.38. The van der Waals surface area contributed by atoms with E-state index in [9.17, 15) is 79.2 Å². The fourth-order valence-corrected chi connectivity index (χ4v) is 18.5. The molecular weight excluding hydrogens is 1890 g/mol. The number of rotatable bonds is 28. The maximum Gasteiger partial charge on any atom is 0.269 e. The van der Waals surface area contributed by atoms with E-state index in [4.69, 9.17) is 73.0 Å². The molecule has 0 radical (unpaired) electrons. The lowest BCUT2D eigenvalue weighted by Crippen LogP contribution is -2.26. The van der Waals surface area contributed by atoms with Crippen LogP contribution in [0.4, 0.5) is 57.4 Å². The van der Waals surface area contributed by atoms with Gasteiger partial charge in [0.05, 0.1) is 45.9 Å². The third kappa shape index (κ3) is 37.2. The van der Waals surface area contributed by atoms with Crippen molar-refractivity contribution in [3.63, 3.8) is 0 Å². The number of nitro groups is 2. The molecule has 0 atom stereocenters. The number of nitrogens with zero attached hydrogens (tertiary/aromatic N) is 8. The number of primary sulfonamides is 2. The van der Waals surface area contributed by atoms with Crippen LogP contribution in [0.3, 0.4) is 0 Å². The Bertz CT molecular complexity index is 6360. The van der Waals surface area contributed by atoms with Gasteiger partial charge in [-0.25, -0.2) is 113 Å². The van der Waals surface area contributed by atoms with E-state index in [1.54, 1.807) is 73.2 Å². The van der Waals surface area contributed by atoms with E-state index in [1.807, 2.05) is 81.4 Å². The Hall–Kier alpha value is -9.60. The molecule has 0 saturated heterocycles. The number of non-ortho nitro benzene ring substituents is 2. The first-order valence-electron chi connectivity index (χ1n) is 38.0. The van der Waals surface area contributed by atoms with Gasteiger partial charge in [-0.2, -0.15) is 4.98 Å². The summed E-state index contributed by atoms with van der Waals surface area (Å²) in [4.78, 5) is 44.0. The van der Waals surface area contributed by atoms with Gasteiger partial charge in [-0.05, 0) is 209 Å². The van der Waals surface area contributed by atoms with Crippen molar-refractivity contribution in [2.75, 3.05) is 27.4 Å². The summed E-state index contributed by atoms with van der Waals surface area (Å²) >= 11 is 16.8. The molecule has 17 N–H and O–H groups in total. The zero-order chi connectivity index (χ0) is 92.5.